The summed E-state index contributed by atoms with van der Waals surface area (Å²) in [5, 5.41) is 6.00. The van der Waals surface area contributed by atoms with Crippen LogP contribution in [0.4, 0.5) is 0 Å². The number of aromatic amines is 1. The topological polar surface area (TPSA) is 100 Å². The Morgan fingerprint density at radius 3 is 2.55 bits per heavy atom. The largest absolute Gasteiger partial charge is 0.497 e. The molecule has 1 N–H and O–H groups in total. The summed E-state index contributed by atoms with van der Waals surface area (Å²) < 4.78 is 11.3. The Morgan fingerprint density at radius 2 is 1.81 bits per heavy atom. The van der Waals surface area contributed by atoms with Gasteiger partial charge in [-0.15, -0.1) is 11.3 Å². The summed E-state index contributed by atoms with van der Waals surface area (Å²) in [6.07, 6.45) is 0. The van der Waals surface area contributed by atoms with Crippen molar-refractivity contribution in [2.45, 2.75) is 13.1 Å². The summed E-state index contributed by atoms with van der Waals surface area (Å²) >= 11 is 1.42. The molecule has 3 aromatic heterocycles. The molecule has 4 heterocycles. The van der Waals surface area contributed by atoms with E-state index in [4.69, 9.17) is 9.26 Å². The zero-order valence-electron chi connectivity index (χ0n) is 17.1. The van der Waals surface area contributed by atoms with Gasteiger partial charge in [0.1, 0.15) is 16.3 Å². The molecule has 10 heteroatoms. The number of hydrogen-bond acceptors (Lipinski definition) is 9. The second kappa shape index (κ2) is 8.58. The Labute approximate surface area is 182 Å². The van der Waals surface area contributed by atoms with Crippen LogP contribution in [0.1, 0.15) is 11.7 Å². The maximum Gasteiger partial charge on any atom is 0.268 e. The molecule has 0 saturated carbocycles. The SMILES string of the molecule is COc1ccc(-c2noc(CN3CCN(Cc4nc5ccsc5c(=O)[nH]4)CC3)n2)cc1. The molecular weight excluding hydrogens is 416 g/mol. The average molecular weight is 439 g/mol. The number of nitrogens with one attached hydrogen (secondary N) is 1. The maximum absolute atomic E-state index is 12.2. The molecule has 0 unspecified atom stereocenters. The van der Waals surface area contributed by atoms with Crippen molar-refractivity contribution in [1.29, 1.82) is 0 Å². The predicted molar refractivity (Wildman–Crippen MR) is 117 cm³/mol. The molecule has 1 saturated heterocycles. The summed E-state index contributed by atoms with van der Waals surface area (Å²) in [6.45, 7) is 4.77. The normalized spacial score (nSPS) is 15.5. The minimum Gasteiger partial charge on any atom is -0.497 e. The number of aromatic nitrogens is 4. The van der Waals surface area contributed by atoms with Crippen molar-refractivity contribution in [1.82, 2.24) is 29.9 Å². The highest BCUT2D eigenvalue weighted by atomic mass is 32.1. The van der Waals surface area contributed by atoms with E-state index in [1.807, 2.05) is 35.7 Å². The highest BCUT2D eigenvalue weighted by Crippen LogP contribution is 2.20. The summed E-state index contributed by atoms with van der Waals surface area (Å²) in [7, 11) is 1.64. The van der Waals surface area contributed by atoms with E-state index in [1.54, 1.807) is 7.11 Å². The van der Waals surface area contributed by atoms with Crippen molar-refractivity contribution < 1.29 is 9.26 Å². The number of nitrogens with zero attached hydrogens (tertiary/aromatic N) is 5. The third kappa shape index (κ3) is 4.36. The standard InChI is InChI=1S/C21H22N6O3S/c1-29-15-4-2-14(3-5-15)20-24-18(30-25-20)13-27-9-7-26(8-10-27)12-17-22-16-6-11-31-19(16)21(28)23-17/h2-6,11H,7-10,12-13H2,1H3,(H,22,23,28). The first-order chi connectivity index (χ1) is 15.2. The molecule has 160 valence electrons. The van der Waals surface area contributed by atoms with Crippen LogP contribution in [0.25, 0.3) is 21.6 Å². The summed E-state index contributed by atoms with van der Waals surface area (Å²) in [5.41, 5.74) is 1.61. The van der Waals surface area contributed by atoms with Crippen LogP contribution in [0.2, 0.25) is 0 Å². The molecule has 1 aliphatic heterocycles. The third-order valence-electron chi connectivity index (χ3n) is 5.38. The van der Waals surface area contributed by atoms with E-state index >= 15 is 0 Å². The van der Waals surface area contributed by atoms with Crippen molar-refractivity contribution in [2.75, 3.05) is 33.3 Å². The van der Waals surface area contributed by atoms with Crippen LogP contribution in [-0.4, -0.2) is 63.2 Å². The number of benzene rings is 1. The Bertz CT molecular complexity index is 1220. The van der Waals surface area contributed by atoms with Crippen molar-refractivity contribution in [3.63, 3.8) is 0 Å². The number of H-pyrrole nitrogens is 1. The molecule has 4 aromatic rings. The van der Waals surface area contributed by atoms with E-state index in [-0.39, 0.29) is 5.56 Å². The zero-order valence-corrected chi connectivity index (χ0v) is 17.9. The van der Waals surface area contributed by atoms with Gasteiger partial charge in [-0.25, -0.2) is 4.98 Å². The Hall–Kier alpha value is -3.08. The van der Waals surface area contributed by atoms with E-state index in [2.05, 4.69) is 29.9 Å². The minimum atomic E-state index is -0.0577. The Kier molecular flexibility index (Phi) is 5.49. The number of methoxy groups -OCH3 is 1. The molecule has 1 fully saturated rings. The lowest BCUT2D eigenvalue weighted by Crippen LogP contribution is -2.45. The van der Waals surface area contributed by atoms with Crippen LogP contribution in [0, 0.1) is 0 Å². The van der Waals surface area contributed by atoms with Crippen molar-refractivity contribution in [2.24, 2.45) is 0 Å². The third-order valence-corrected chi connectivity index (χ3v) is 6.28. The van der Waals surface area contributed by atoms with Crippen LogP contribution in [0.3, 0.4) is 0 Å². The number of ether oxygens (including phenoxy) is 1. The maximum atomic E-state index is 12.2. The Morgan fingerprint density at radius 1 is 1.06 bits per heavy atom. The molecule has 1 aliphatic rings. The van der Waals surface area contributed by atoms with Gasteiger partial charge in [0.15, 0.2) is 0 Å². The van der Waals surface area contributed by atoms with Crippen molar-refractivity contribution >= 4 is 21.6 Å². The summed E-state index contributed by atoms with van der Waals surface area (Å²) in [5.74, 6) is 2.69. The lowest BCUT2D eigenvalue weighted by atomic mass is 10.2. The van der Waals surface area contributed by atoms with E-state index in [0.717, 1.165) is 43.0 Å². The quantitative estimate of drug-likeness (QED) is 0.490. The average Bonchev–Trinajstić information content (AvgIpc) is 3.45. The number of hydrogen-bond donors (Lipinski definition) is 1. The molecule has 0 spiro atoms. The van der Waals surface area contributed by atoms with Gasteiger partial charge in [-0.05, 0) is 35.7 Å². The molecule has 31 heavy (non-hydrogen) atoms. The number of fused-ring (bicyclic) bond motifs is 1. The summed E-state index contributed by atoms with van der Waals surface area (Å²) in [4.78, 5) is 28.8. The second-order valence-corrected chi connectivity index (χ2v) is 8.36. The molecule has 0 bridgehead atoms. The van der Waals surface area contributed by atoms with Gasteiger partial charge in [-0.1, -0.05) is 5.16 Å². The molecule has 0 radical (unpaired) electrons. The van der Waals surface area contributed by atoms with Crippen LogP contribution < -0.4 is 10.3 Å². The Balaban J connectivity index is 1.16. The van der Waals surface area contributed by atoms with Gasteiger partial charge < -0.3 is 14.2 Å². The number of piperazine rings is 1. The van der Waals surface area contributed by atoms with Gasteiger partial charge in [-0.2, -0.15) is 4.98 Å². The minimum absolute atomic E-state index is 0.0577. The highest BCUT2D eigenvalue weighted by molar-refractivity contribution is 7.17. The zero-order chi connectivity index (χ0) is 21.2. The van der Waals surface area contributed by atoms with Gasteiger partial charge in [0.2, 0.25) is 11.7 Å². The van der Waals surface area contributed by atoms with E-state index in [0.29, 0.717) is 35.3 Å². The van der Waals surface area contributed by atoms with E-state index in [9.17, 15) is 4.79 Å². The molecule has 0 aliphatic carbocycles. The van der Waals surface area contributed by atoms with E-state index < -0.39 is 0 Å². The van der Waals surface area contributed by atoms with Crippen LogP contribution in [0.5, 0.6) is 5.75 Å². The fourth-order valence-corrected chi connectivity index (χ4v) is 4.41. The summed E-state index contributed by atoms with van der Waals surface area (Å²) in [6, 6.07) is 9.48. The lowest BCUT2D eigenvalue weighted by Gasteiger charge is -2.33. The molecule has 0 amide bonds. The molecular formula is C21H22N6O3S. The second-order valence-electron chi connectivity index (χ2n) is 7.44. The van der Waals surface area contributed by atoms with E-state index in [1.165, 1.54) is 11.3 Å². The first-order valence-electron chi connectivity index (χ1n) is 10.1. The monoisotopic (exact) mass is 438 g/mol. The van der Waals surface area contributed by atoms with Gasteiger partial charge in [0.25, 0.3) is 5.56 Å². The van der Waals surface area contributed by atoms with Gasteiger partial charge in [0.05, 0.1) is 25.7 Å². The first kappa shape index (κ1) is 19.9. The predicted octanol–water partition coefficient (Wildman–Crippen LogP) is 2.36. The molecule has 5 rings (SSSR count). The number of rotatable bonds is 6. The van der Waals surface area contributed by atoms with Crippen molar-refractivity contribution in [3.8, 4) is 17.1 Å². The fraction of sp³-hybridized carbons (Fsp3) is 0.333. The number of thiophene rings is 1. The first-order valence-corrected chi connectivity index (χ1v) is 10.9. The van der Waals surface area contributed by atoms with Gasteiger partial charge in [0, 0.05) is 31.7 Å². The van der Waals surface area contributed by atoms with Crippen LogP contribution in [0.15, 0.2) is 45.0 Å². The van der Waals surface area contributed by atoms with Crippen LogP contribution >= 0.6 is 11.3 Å². The van der Waals surface area contributed by atoms with Crippen molar-refractivity contribution in [3.05, 3.63) is 57.8 Å². The molecule has 1 aromatic carbocycles. The van der Waals surface area contributed by atoms with Gasteiger partial charge in [-0.3, -0.25) is 14.6 Å². The molecule has 9 nitrogen and oxygen atoms in total. The van der Waals surface area contributed by atoms with Crippen LogP contribution in [-0.2, 0) is 13.1 Å². The fourth-order valence-electron chi connectivity index (χ4n) is 3.68. The van der Waals surface area contributed by atoms with Gasteiger partial charge >= 0.3 is 0 Å². The highest BCUT2D eigenvalue weighted by Gasteiger charge is 2.20. The lowest BCUT2D eigenvalue weighted by molar-refractivity contribution is 0.110. The molecule has 0 atom stereocenters. The smallest absolute Gasteiger partial charge is 0.268 e.